The quantitative estimate of drug-likeness (QED) is 0.225. The van der Waals surface area contributed by atoms with Gasteiger partial charge in [0.05, 0.1) is 0 Å². The van der Waals surface area contributed by atoms with Gasteiger partial charge in [-0.3, -0.25) is 0 Å². The number of hydrogen-bond acceptors (Lipinski definition) is 0. The fraction of sp³-hybridized carbons (Fsp3) is 0. The van der Waals surface area contributed by atoms with E-state index in [0.717, 1.165) is 0 Å². The Bertz CT molecular complexity index is 954. The molecule has 0 saturated heterocycles. The fourth-order valence-electron chi connectivity index (χ4n) is 3.04. The molecule has 0 fully saturated rings. The lowest BCUT2D eigenvalue weighted by atomic mass is 9.93. The van der Waals surface area contributed by atoms with Gasteiger partial charge < -0.3 is 0 Å². The number of hydrogen-bond donors (Lipinski definition) is 0. The van der Waals surface area contributed by atoms with Crippen molar-refractivity contribution < 1.29 is 0 Å². The molecule has 0 N–H and O–H groups in total. The van der Waals surface area contributed by atoms with Gasteiger partial charge in [0, 0.05) is 7.14 Å². The molecule has 4 rings (SSSR count). The molecule has 4 aromatic carbocycles. The Kier molecular flexibility index (Phi) is 5.41. The van der Waals surface area contributed by atoms with Crippen molar-refractivity contribution in [3.05, 3.63) is 104 Å². The van der Waals surface area contributed by atoms with Crippen LogP contribution in [0.25, 0.3) is 33.4 Å². The molecule has 26 heavy (non-hydrogen) atoms. The van der Waals surface area contributed by atoms with Crippen molar-refractivity contribution >= 4 is 45.2 Å². The topological polar surface area (TPSA) is 0 Å². The van der Waals surface area contributed by atoms with E-state index in [1.165, 1.54) is 40.5 Å². The Labute approximate surface area is 181 Å². The van der Waals surface area contributed by atoms with E-state index in [1.807, 2.05) is 0 Å². The first kappa shape index (κ1) is 17.7. The van der Waals surface area contributed by atoms with Crippen molar-refractivity contribution in [2.75, 3.05) is 0 Å². The van der Waals surface area contributed by atoms with Crippen molar-refractivity contribution in [2.45, 2.75) is 0 Å². The first-order chi connectivity index (χ1) is 12.7. The Morgan fingerprint density at radius 2 is 0.692 bits per heavy atom. The highest BCUT2D eigenvalue weighted by Crippen LogP contribution is 2.33. The van der Waals surface area contributed by atoms with Crippen molar-refractivity contribution in [1.29, 1.82) is 0 Å². The lowest BCUT2D eigenvalue weighted by Gasteiger charge is -2.11. The lowest BCUT2D eigenvalue weighted by Crippen LogP contribution is -1.86. The van der Waals surface area contributed by atoms with Crippen LogP contribution < -0.4 is 0 Å². The Hall–Kier alpha value is -1.66. The van der Waals surface area contributed by atoms with Gasteiger partial charge in [0.1, 0.15) is 0 Å². The molecule has 0 heterocycles. The molecule has 126 valence electrons. The number of halogens is 2. The van der Waals surface area contributed by atoms with Crippen LogP contribution in [0.1, 0.15) is 0 Å². The van der Waals surface area contributed by atoms with Gasteiger partial charge in [-0.05, 0) is 121 Å². The number of benzene rings is 4. The Morgan fingerprint density at radius 3 is 1.08 bits per heavy atom. The van der Waals surface area contributed by atoms with E-state index >= 15 is 0 Å². The summed E-state index contributed by atoms with van der Waals surface area (Å²) in [7, 11) is 0. The van der Waals surface area contributed by atoms with Gasteiger partial charge in [0.25, 0.3) is 0 Å². The molecular weight excluding hydrogens is 542 g/mol. The molecule has 0 atom stereocenters. The Morgan fingerprint density at radius 1 is 0.346 bits per heavy atom. The predicted molar refractivity (Wildman–Crippen MR) is 128 cm³/mol. The molecule has 0 spiro atoms. The normalized spacial score (nSPS) is 10.7. The second-order valence-electron chi connectivity index (χ2n) is 6.18. The minimum absolute atomic E-state index is 1.24. The van der Waals surface area contributed by atoms with Crippen LogP contribution in [0.15, 0.2) is 97.1 Å². The molecule has 0 aliphatic rings. The van der Waals surface area contributed by atoms with E-state index in [1.54, 1.807) is 0 Å². The monoisotopic (exact) mass is 558 g/mol. The van der Waals surface area contributed by atoms with Crippen LogP contribution in [0.5, 0.6) is 0 Å². The van der Waals surface area contributed by atoms with E-state index in [9.17, 15) is 0 Å². The van der Waals surface area contributed by atoms with Crippen molar-refractivity contribution in [3.8, 4) is 33.4 Å². The second-order valence-corrected chi connectivity index (χ2v) is 8.67. The van der Waals surface area contributed by atoms with Gasteiger partial charge in [0.2, 0.25) is 0 Å². The van der Waals surface area contributed by atoms with Crippen LogP contribution in [0.3, 0.4) is 0 Å². The molecule has 2 heteroatoms. The third-order valence-corrected chi connectivity index (χ3v) is 5.83. The van der Waals surface area contributed by atoms with Gasteiger partial charge in [-0.25, -0.2) is 0 Å². The largest absolute Gasteiger partial charge is 0.0622 e. The molecule has 0 nitrogen and oxygen atoms in total. The minimum atomic E-state index is 1.24. The van der Waals surface area contributed by atoms with Crippen molar-refractivity contribution in [3.63, 3.8) is 0 Å². The maximum absolute atomic E-state index is 2.35. The molecule has 0 radical (unpaired) electrons. The van der Waals surface area contributed by atoms with Gasteiger partial charge >= 0.3 is 0 Å². The highest BCUT2D eigenvalue weighted by Gasteiger charge is 2.07. The summed E-state index contributed by atoms with van der Waals surface area (Å²) in [5.74, 6) is 0. The van der Waals surface area contributed by atoms with Crippen LogP contribution in [0, 0.1) is 7.14 Å². The van der Waals surface area contributed by atoms with Gasteiger partial charge in [-0.2, -0.15) is 0 Å². The van der Waals surface area contributed by atoms with E-state index in [4.69, 9.17) is 0 Å². The van der Waals surface area contributed by atoms with Crippen LogP contribution in [0.2, 0.25) is 0 Å². The summed E-state index contributed by atoms with van der Waals surface area (Å²) in [6, 6.07) is 34.9. The average molecular weight is 558 g/mol. The van der Waals surface area contributed by atoms with Gasteiger partial charge in [0.15, 0.2) is 0 Å². The first-order valence-electron chi connectivity index (χ1n) is 8.41. The zero-order valence-electron chi connectivity index (χ0n) is 14.0. The molecule has 0 amide bonds. The molecule has 0 aliphatic heterocycles. The summed E-state index contributed by atoms with van der Waals surface area (Å²) in [5.41, 5.74) is 7.47. The summed E-state index contributed by atoms with van der Waals surface area (Å²) in [6.45, 7) is 0. The maximum atomic E-state index is 2.35. The smallest absolute Gasteiger partial charge is 0.0130 e. The van der Waals surface area contributed by atoms with Gasteiger partial charge in [-0.15, -0.1) is 0 Å². The van der Waals surface area contributed by atoms with E-state index in [0.29, 0.717) is 0 Å². The Balaban J connectivity index is 1.89. The maximum Gasteiger partial charge on any atom is 0.0130 e. The highest BCUT2D eigenvalue weighted by molar-refractivity contribution is 14.1. The SMILES string of the molecule is Ic1ccc(-c2cc(-c3ccccc3)cc(-c3ccc(I)cc3)c2)cc1. The van der Waals surface area contributed by atoms with E-state index in [-0.39, 0.29) is 0 Å². The zero-order valence-corrected chi connectivity index (χ0v) is 18.3. The van der Waals surface area contributed by atoms with Crippen LogP contribution in [0.4, 0.5) is 0 Å². The molecule has 0 aliphatic carbocycles. The fourth-order valence-corrected chi connectivity index (χ4v) is 3.76. The van der Waals surface area contributed by atoms with Crippen LogP contribution in [-0.2, 0) is 0 Å². The predicted octanol–water partition coefficient (Wildman–Crippen LogP) is 7.90. The standard InChI is InChI=1S/C24H16I2/c25-23-10-6-18(7-11-23)21-14-20(17-4-2-1-3-5-17)15-22(16-21)19-8-12-24(26)13-9-19/h1-16H. The minimum Gasteiger partial charge on any atom is -0.0622 e. The third-order valence-electron chi connectivity index (χ3n) is 4.40. The summed E-state index contributed by atoms with van der Waals surface area (Å²) >= 11 is 4.70. The molecule has 0 bridgehead atoms. The molecule has 4 aromatic rings. The molecular formula is C24H16I2. The first-order valence-corrected chi connectivity index (χ1v) is 10.6. The third kappa shape index (κ3) is 4.01. The summed E-state index contributed by atoms with van der Waals surface area (Å²) in [5, 5.41) is 0. The second kappa shape index (κ2) is 7.92. The summed E-state index contributed by atoms with van der Waals surface area (Å²) in [4.78, 5) is 0. The summed E-state index contributed by atoms with van der Waals surface area (Å²) < 4.78 is 2.51. The average Bonchev–Trinajstić information content (AvgIpc) is 2.69. The highest BCUT2D eigenvalue weighted by atomic mass is 127. The lowest BCUT2D eigenvalue weighted by molar-refractivity contribution is 1.55. The number of rotatable bonds is 3. The van der Waals surface area contributed by atoms with Gasteiger partial charge in [-0.1, -0.05) is 54.6 Å². The summed E-state index contributed by atoms with van der Waals surface area (Å²) in [6.07, 6.45) is 0. The van der Waals surface area contributed by atoms with Crippen molar-refractivity contribution in [1.82, 2.24) is 0 Å². The van der Waals surface area contributed by atoms with E-state index < -0.39 is 0 Å². The van der Waals surface area contributed by atoms with E-state index in [2.05, 4.69) is 142 Å². The van der Waals surface area contributed by atoms with Crippen LogP contribution >= 0.6 is 45.2 Å². The van der Waals surface area contributed by atoms with Crippen molar-refractivity contribution in [2.24, 2.45) is 0 Å². The molecule has 0 unspecified atom stereocenters. The zero-order chi connectivity index (χ0) is 17.9. The van der Waals surface area contributed by atoms with Crippen LogP contribution in [-0.4, -0.2) is 0 Å². The molecule has 0 aromatic heterocycles. The molecule has 0 saturated carbocycles.